The number of hydrogen-bond donors (Lipinski definition) is 1. The Hall–Kier alpha value is -1.56. The molecule has 0 fully saturated rings. The third kappa shape index (κ3) is 2.77. The Balaban J connectivity index is 2.03. The van der Waals surface area contributed by atoms with Crippen LogP contribution in [0.5, 0.6) is 0 Å². The molecule has 0 bridgehead atoms. The van der Waals surface area contributed by atoms with Crippen LogP contribution in [0.25, 0.3) is 22.8 Å². The number of para-hydroxylation sites is 1. The summed E-state index contributed by atoms with van der Waals surface area (Å²) in [5.74, 6) is 0.762. The summed E-state index contributed by atoms with van der Waals surface area (Å²) in [7, 11) is 0. The van der Waals surface area contributed by atoms with Crippen LogP contribution in [0.3, 0.4) is 0 Å². The van der Waals surface area contributed by atoms with Gasteiger partial charge in [-0.05, 0) is 46.3 Å². The number of rotatable bonds is 2. The van der Waals surface area contributed by atoms with E-state index in [2.05, 4.69) is 26.1 Å². The minimum Gasteiger partial charge on any atom is -0.397 e. The molecular weight excluding hydrogens is 377 g/mol. The van der Waals surface area contributed by atoms with E-state index in [4.69, 9.17) is 33.5 Å². The molecule has 2 aromatic carbocycles. The van der Waals surface area contributed by atoms with Gasteiger partial charge in [0.2, 0.25) is 5.82 Å². The molecule has 0 radical (unpaired) electrons. The Labute approximate surface area is 139 Å². The second kappa shape index (κ2) is 5.67. The summed E-state index contributed by atoms with van der Waals surface area (Å²) in [6, 6.07) is 10.6. The van der Waals surface area contributed by atoms with Gasteiger partial charge in [0.1, 0.15) is 0 Å². The van der Waals surface area contributed by atoms with Crippen molar-refractivity contribution in [3.8, 4) is 22.8 Å². The predicted octanol–water partition coefficient (Wildman–Crippen LogP) is 5.06. The van der Waals surface area contributed by atoms with Gasteiger partial charge in [0.15, 0.2) is 0 Å². The maximum Gasteiger partial charge on any atom is 0.260 e. The fourth-order valence-electron chi connectivity index (χ4n) is 1.81. The molecule has 0 aliphatic carbocycles. The molecule has 3 aromatic rings. The van der Waals surface area contributed by atoms with Gasteiger partial charge in [0, 0.05) is 10.0 Å². The molecule has 2 N–H and O–H groups in total. The molecule has 21 heavy (non-hydrogen) atoms. The molecule has 0 aliphatic rings. The van der Waals surface area contributed by atoms with E-state index in [-0.39, 0.29) is 0 Å². The van der Waals surface area contributed by atoms with E-state index in [0.717, 1.165) is 4.47 Å². The lowest BCUT2D eigenvalue weighted by Crippen LogP contribution is -1.91. The fourth-order valence-corrected chi connectivity index (χ4v) is 2.47. The van der Waals surface area contributed by atoms with Crippen LogP contribution < -0.4 is 5.73 Å². The van der Waals surface area contributed by atoms with E-state index in [1.165, 1.54) is 0 Å². The number of aromatic nitrogens is 2. The van der Waals surface area contributed by atoms with E-state index >= 15 is 0 Å². The summed E-state index contributed by atoms with van der Waals surface area (Å²) in [6.45, 7) is 0. The molecule has 0 spiro atoms. The summed E-state index contributed by atoms with van der Waals surface area (Å²) in [6.07, 6.45) is 0. The first-order chi connectivity index (χ1) is 10.1. The zero-order chi connectivity index (χ0) is 15.0. The molecule has 0 atom stereocenters. The smallest absolute Gasteiger partial charge is 0.260 e. The molecule has 0 amide bonds. The average Bonchev–Trinajstić information content (AvgIpc) is 2.94. The number of anilines is 1. The van der Waals surface area contributed by atoms with Crippen molar-refractivity contribution in [2.45, 2.75) is 0 Å². The Morgan fingerprint density at radius 1 is 1.10 bits per heavy atom. The van der Waals surface area contributed by atoms with E-state index in [9.17, 15) is 0 Å². The zero-order valence-electron chi connectivity index (χ0n) is 10.5. The van der Waals surface area contributed by atoms with Crippen molar-refractivity contribution in [3.63, 3.8) is 0 Å². The van der Waals surface area contributed by atoms with Gasteiger partial charge in [-0.2, -0.15) is 4.98 Å². The van der Waals surface area contributed by atoms with Crippen LogP contribution in [0.1, 0.15) is 0 Å². The van der Waals surface area contributed by atoms with Gasteiger partial charge in [-0.3, -0.25) is 0 Å². The fraction of sp³-hybridized carbons (Fsp3) is 0. The standard InChI is InChI=1S/C14H8BrCl2N3O/c15-9-3-1-2-8(12(9)18)14-19-13(20-21-14)7-4-5-10(16)11(17)6-7/h1-6H,18H2. The van der Waals surface area contributed by atoms with E-state index in [1.807, 2.05) is 18.2 Å². The number of nitrogen functional groups attached to an aromatic ring is 1. The second-order valence-electron chi connectivity index (χ2n) is 4.25. The van der Waals surface area contributed by atoms with Crippen molar-refractivity contribution in [2.75, 3.05) is 5.73 Å². The van der Waals surface area contributed by atoms with Gasteiger partial charge in [0.25, 0.3) is 5.89 Å². The molecule has 3 rings (SSSR count). The van der Waals surface area contributed by atoms with Gasteiger partial charge in [-0.15, -0.1) is 0 Å². The highest BCUT2D eigenvalue weighted by Crippen LogP contribution is 2.32. The van der Waals surface area contributed by atoms with Crippen LogP contribution in [0.15, 0.2) is 45.4 Å². The van der Waals surface area contributed by atoms with Crippen LogP contribution in [-0.4, -0.2) is 10.1 Å². The molecule has 106 valence electrons. The number of halogens is 3. The van der Waals surface area contributed by atoms with Crippen molar-refractivity contribution in [2.24, 2.45) is 0 Å². The largest absolute Gasteiger partial charge is 0.397 e. The summed E-state index contributed by atoms with van der Waals surface area (Å²) in [4.78, 5) is 4.34. The van der Waals surface area contributed by atoms with Gasteiger partial charge < -0.3 is 10.3 Å². The quantitative estimate of drug-likeness (QED) is 0.627. The number of nitrogens with two attached hydrogens (primary N) is 1. The molecule has 0 saturated heterocycles. The zero-order valence-corrected chi connectivity index (χ0v) is 13.6. The first kappa shape index (κ1) is 14.4. The Bertz CT molecular complexity index is 820. The summed E-state index contributed by atoms with van der Waals surface area (Å²) < 4.78 is 6.05. The maximum absolute atomic E-state index is 5.99. The van der Waals surface area contributed by atoms with E-state index in [0.29, 0.717) is 38.6 Å². The summed E-state index contributed by atoms with van der Waals surface area (Å²) in [5, 5.41) is 4.85. The summed E-state index contributed by atoms with van der Waals surface area (Å²) >= 11 is 15.2. The molecule has 0 unspecified atom stereocenters. The maximum atomic E-state index is 5.99. The highest BCUT2D eigenvalue weighted by Gasteiger charge is 2.14. The lowest BCUT2D eigenvalue weighted by Gasteiger charge is -2.01. The van der Waals surface area contributed by atoms with Gasteiger partial charge in [-0.25, -0.2) is 0 Å². The SMILES string of the molecule is Nc1c(Br)cccc1-c1nc(-c2ccc(Cl)c(Cl)c2)no1. The topological polar surface area (TPSA) is 64.9 Å². The normalized spacial score (nSPS) is 10.8. The van der Waals surface area contributed by atoms with Crippen LogP contribution in [0, 0.1) is 0 Å². The monoisotopic (exact) mass is 383 g/mol. The number of benzene rings is 2. The second-order valence-corrected chi connectivity index (χ2v) is 5.92. The average molecular weight is 385 g/mol. The Kier molecular flexibility index (Phi) is 3.89. The lowest BCUT2D eigenvalue weighted by atomic mass is 10.2. The molecule has 7 heteroatoms. The molecule has 0 aliphatic heterocycles. The van der Waals surface area contributed by atoms with E-state index < -0.39 is 0 Å². The molecule has 0 saturated carbocycles. The van der Waals surface area contributed by atoms with Crippen molar-refractivity contribution in [1.29, 1.82) is 0 Å². The molecule has 1 heterocycles. The van der Waals surface area contributed by atoms with Crippen LogP contribution >= 0.6 is 39.1 Å². The number of nitrogens with zero attached hydrogens (tertiary/aromatic N) is 2. The Morgan fingerprint density at radius 2 is 1.90 bits per heavy atom. The van der Waals surface area contributed by atoms with Gasteiger partial charge in [-0.1, -0.05) is 34.4 Å². The van der Waals surface area contributed by atoms with Gasteiger partial charge >= 0.3 is 0 Å². The summed E-state index contributed by atoms with van der Waals surface area (Å²) in [5.41, 5.74) is 7.92. The molecular formula is C14H8BrCl2N3O. The van der Waals surface area contributed by atoms with Crippen molar-refractivity contribution >= 4 is 44.8 Å². The third-order valence-corrected chi connectivity index (χ3v) is 4.32. The first-order valence-corrected chi connectivity index (χ1v) is 7.44. The third-order valence-electron chi connectivity index (χ3n) is 2.89. The van der Waals surface area contributed by atoms with Crippen molar-refractivity contribution < 1.29 is 4.52 Å². The van der Waals surface area contributed by atoms with Crippen LogP contribution in [0.2, 0.25) is 10.0 Å². The van der Waals surface area contributed by atoms with Crippen LogP contribution in [-0.2, 0) is 0 Å². The number of hydrogen-bond acceptors (Lipinski definition) is 4. The van der Waals surface area contributed by atoms with Crippen molar-refractivity contribution in [1.82, 2.24) is 10.1 Å². The van der Waals surface area contributed by atoms with Crippen molar-refractivity contribution in [3.05, 3.63) is 50.9 Å². The molecule has 1 aromatic heterocycles. The van der Waals surface area contributed by atoms with E-state index in [1.54, 1.807) is 18.2 Å². The van der Waals surface area contributed by atoms with Gasteiger partial charge in [0.05, 0.1) is 21.3 Å². The molecule has 4 nitrogen and oxygen atoms in total. The highest BCUT2D eigenvalue weighted by atomic mass is 79.9. The van der Waals surface area contributed by atoms with Crippen LogP contribution in [0.4, 0.5) is 5.69 Å². The highest BCUT2D eigenvalue weighted by molar-refractivity contribution is 9.10. The predicted molar refractivity (Wildman–Crippen MR) is 87.3 cm³/mol. The minimum atomic E-state index is 0.342. The first-order valence-electron chi connectivity index (χ1n) is 5.90. The Morgan fingerprint density at radius 3 is 2.67 bits per heavy atom. The minimum absolute atomic E-state index is 0.342. The lowest BCUT2D eigenvalue weighted by molar-refractivity contribution is 0.432.